The minimum absolute atomic E-state index is 0.337. The molecule has 3 heteroatoms. The van der Waals surface area contributed by atoms with Gasteiger partial charge in [0.05, 0.1) is 12.7 Å². The summed E-state index contributed by atoms with van der Waals surface area (Å²) in [6, 6.07) is 19.8. The van der Waals surface area contributed by atoms with E-state index in [2.05, 4.69) is 11.8 Å². The van der Waals surface area contributed by atoms with E-state index in [1.807, 2.05) is 60.7 Å². The molecule has 0 bridgehead atoms. The van der Waals surface area contributed by atoms with Gasteiger partial charge < -0.3 is 9.47 Å². The Bertz CT molecular complexity index is 752. The zero-order chi connectivity index (χ0) is 17.9. The minimum Gasteiger partial charge on any atom is -0.482 e. The van der Waals surface area contributed by atoms with E-state index in [9.17, 15) is 4.79 Å². The molecule has 25 heavy (non-hydrogen) atoms. The second-order valence-corrected chi connectivity index (χ2v) is 5.44. The molecule has 0 radical (unpaired) electrons. The number of carbonyl (C=O) groups excluding carboxylic acids is 1. The normalized spacial score (nSPS) is 11.8. The van der Waals surface area contributed by atoms with E-state index in [1.54, 1.807) is 13.8 Å². The summed E-state index contributed by atoms with van der Waals surface area (Å²) < 4.78 is 10.8. The van der Waals surface area contributed by atoms with Gasteiger partial charge in [0.25, 0.3) is 0 Å². The molecule has 0 fully saturated rings. The van der Waals surface area contributed by atoms with E-state index in [4.69, 9.17) is 9.47 Å². The first-order chi connectivity index (χ1) is 12.2. The highest BCUT2D eigenvalue weighted by molar-refractivity contribution is 5.82. The maximum atomic E-state index is 11.6. The third kappa shape index (κ3) is 6.97. The van der Waals surface area contributed by atoms with E-state index >= 15 is 0 Å². The summed E-state index contributed by atoms with van der Waals surface area (Å²) in [6.07, 6.45) is 1.63. The Morgan fingerprint density at radius 2 is 1.72 bits per heavy atom. The third-order valence-electron chi connectivity index (χ3n) is 3.35. The van der Waals surface area contributed by atoms with Gasteiger partial charge in [0.2, 0.25) is 0 Å². The Morgan fingerprint density at radius 1 is 1.08 bits per heavy atom. The molecule has 0 aliphatic rings. The Morgan fingerprint density at radius 3 is 2.36 bits per heavy atom. The van der Waals surface area contributed by atoms with Crippen molar-refractivity contribution < 1.29 is 14.3 Å². The van der Waals surface area contributed by atoms with Crippen molar-refractivity contribution in [2.75, 3.05) is 6.61 Å². The first kappa shape index (κ1) is 18.4. The first-order valence-corrected chi connectivity index (χ1v) is 8.29. The summed E-state index contributed by atoms with van der Waals surface area (Å²) in [5.74, 6) is 6.37. The molecular weight excluding hydrogens is 312 g/mol. The molecule has 2 aromatic rings. The van der Waals surface area contributed by atoms with Crippen LogP contribution in [0.15, 0.2) is 72.5 Å². The molecule has 0 aliphatic heterocycles. The Balaban J connectivity index is 2.14. The number of esters is 1. The topological polar surface area (TPSA) is 35.5 Å². The van der Waals surface area contributed by atoms with Crippen molar-refractivity contribution in [3.8, 4) is 11.8 Å². The van der Waals surface area contributed by atoms with Crippen molar-refractivity contribution in [2.45, 2.75) is 26.4 Å². The minimum atomic E-state index is -0.408. The van der Waals surface area contributed by atoms with Crippen LogP contribution in [0.4, 0.5) is 0 Å². The molecule has 0 heterocycles. The van der Waals surface area contributed by atoms with Crippen molar-refractivity contribution in [2.24, 2.45) is 0 Å². The predicted octanol–water partition coefficient (Wildman–Crippen LogP) is 4.13. The summed E-state index contributed by atoms with van der Waals surface area (Å²) in [7, 11) is 0. The van der Waals surface area contributed by atoms with Crippen LogP contribution in [0.3, 0.4) is 0 Å². The lowest BCUT2D eigenvalue weighted by Gasteiger charge is -2.14. The molecule has 0 saturated heterocycles. The lowest BCUT2D eigenvalue weighted by Crippen LogP contribution is -2.14. The monoisotopic (exact) mass is 334 g/mol. The number of hydrogen-bond acceptors (Lipinski definition) is 3. The van der Waals surface area contributed by atoms with Crippen LogP contribution in [0.25, 0.3) is 0 Å². The van der Waals surface area contributed by atoms with Crippen LogP contribution in [-0.4, -0.2) is 18.7 Å². The zero-order valence-corrected chi connectivity index (χ0v) is 14.6. The van der Waals surface area contributed by atoms with Crippen molar-refractivity contribution in [3.05, 3.63) is 83.6 Å². The molecule has 0 aromatic heterocycles. The van der Waals surface area contributed by atoms with Gasteiger partial charge in [-0.25, -0.2) is 4.79 Å². The highest BCUT2D eigenvalue weighted by Gasteiger charge is 2.09. The van der Waals surface area contributed by atoms with Crippen molar-refractivity contribution in [3.63, 3.8) is 0 Å². The van der Waals surface area contributed by atoms with Crippen LogP contribution in [0.5, 0.6) is 0 Å². The summed E-state index contributed by atoms with van der Waals surface area (Å²) in [5, 5.41) is 0. The van der Waals surface area contributed by atoms with Crippen molar-refractivity contribution in [1.29, 1.82) is 0 Å². The quantitative estimate of drug-likeness (QED) is 0.345. The van der Waals surface area contributed by atoms with Gasteiger partial charge in [-0.15, -0.1) is 0 Å². The van der Waals surface area contributed by atoms with Crippen molar-refractivity contribution >= 4 is 5.97 Å². The first-order valence-electron chi connectivity index (χ1n) is 8.29. The maximum Gasteiger partial charge on any atom is 0.334 e. The SMILES string of the molecule is CCOC(=O)/C=C(\C)OC(C#Cc1ccccc1)Cc1ccccc1. The second-order valence-electron chi connectivity index (χ2n) is 5.44. The van der Waals surface area contributed by atoms with E-state index in [-0.39, 0.29) is 6.10 Å². The van der Waals surface area contributed by atoms with Gasteiger partial charge in [-0.3, -0.25) is 0 Å². The average molecular weight is 334 g/mol. The van der Waals surface area contributed by atoms with E-state index in [0.29, 0.717) is 18.8 Å². The number of rotatable bonds is 6. The maximum absolute atomic E-state index is 11.6. The second kappa shape index (κ2) is 10.00. The highest BCUT2D eigenvalue weighted by atomic mass is 16.5. The number of ether oxygens (including phenoxy) is 2. The van der Waals surface area contributed by atoms with Crippen molar-refractivity contribution in [1.82, 2.24) is 0 Å². The number of carbonyl (C=O) groups is 1. The molecule has 1 atom stereocenters. The molecule has 3 nitrogen and oxygen atoms in total. The lowest BCUT2D eigenvalue weighted by molar-refractivity contribution is -0.137. The Kier molecular flexibility index (Phi) is 7.34. The van der Waals surface area contributed by atoms with Gasteiger partial charge in [0, 0.05) is 12.0 Å². The fourth-order valence-electron chi connectivity index (χ4n) is 2.24. The molecule has 2 aromatic carbocycles. The van der Waals surface area contributed by atoms with Gasteiger partial charge in [-0.05, 0) is 31.5 Å². The predicted molar refractivity (Wildman–Crippen MR) is 98.7 cm³/mol. The van der Waals surface area contributed by atoms with E-state index < -0.39 is 5.97 Å². The van der Waals surface area contributed by atoms with Crippen LogP contribution in [0, 0.1) is 11.8 Å². The molecule has 128 valence electrons. The van der Waals surface area contributed by atoms with E-state index in [0.717, 1.165) is 11.1 Å². The number of hydrogen-bond donors (Lipinski definition) is 0. The van der Waals surface area contributed by atoms with Gasteiger partial charge in [0.15, 0.2) is 6.10 Å². The summed E-state index contributed by atoms with van der Waals surface area (Å²) >= 11 is 0. The molecule has 0 amide bonds. The number of allylic oxidation sites excluding steroid dienone is 1. The molecule has 0 aliphatic carbocycles. The largest absolute Gasteiger partial charge is 0.482 e. The molecule has 0 saturated carbocycles. The van der Waals surface area contributed by atoms with Gasteiger partial charge in [0.1, 0.15) is 5.76 Å². The Hall–Kier alpha value is -2.99. The molecule has 0 spiro atoms. The molecular formula is C22H22O3. The Labute approximate surface area is 149 Å². The summed E-state index contributed by atoms with van der Waals surface area (Å²) in [6.45, 7) is 3.84. The molecule has 0 N–H and O–H groups in total. The van der Waals surface area contributed by atoms with Crippen LogP contribution in [0.1, 0.15) is 25.0 Å². The zero-order valence-electron chi connectivity index (χ0n) is 14.6. The average Bonchev–Trinajstić information content (AvgIpc) is 2.61. The van der Waals surface area contributed by atoms with Crippen LogP contribution < -0.4 is 0 Å². The van der Waals surface area contributed by atoms with E-state index in [1.165, 1.54) is 6.08 Å². The van der Waals surface area contributed by atoms with Gasteiger partial charge >= 0.3 is 5.97 Å². The smallest absolute Gasteiger partial charge is 0.334 e. The summed E-state index contributed by atoms with van der Waals surface area (Å²) in [5.41, 5.74) is 2.05. The van der Waals surface area contributed by atoms with Gasteiger partial charge in [-0.2, -0.15) is 0 Å². The highest BCUT2D eigenvalue weighted by Crippen LogP contribution is 2.10. The number of benzene rings is 2. The fourth-order valence-corrected chi connectivity index (χ4v) is 2.24. The van der Waals surface area contributed by atoms with Crippen LogP contribution in [0.2, 0.25) is 0 Å². The molecule has 2 rings (SSSR count). The lowest BCUT2D eigenvalue weighted by atomic mass is 10.1. The van der Waals surface area contributed by atoms with Crippen LogP contribution in [-0.2, 0) is 20.7 Å². The molecule has 1 unspecified atom stereocenters. The van der Waals surface area contributed by atoms with Gasteiger partial charge in [-0.1, -0.05) is 60.4 Å². The third-order valence-corrected chi connectivity index (χ3v) is 3.35. The van der Waals surface area contributed by atoms with Crippen LogP contribution >= 0.6 is 0 Å². The standard InChI is InChI=1S/C22H22O3/c1-3-24-22(23)16-18(2)25-21(17-20-12-8-5-9-13-20)15-14-19-10-6-4-7-11-19/h4-13,16,21H,3,17H2,1-2H3/b18-16+. The summed E-state index contributed by atoms with van der Waals surface area (Å²) in [4.78, 5) is 11.6. The fraction of sp³-hybridized carbons (Fsp3) is 0.227.